The molecule has 1 aromatic carbocycles. The molecule has 0 aliphatic rings. The monoisotopic (exact) mass is 248 g/mol. The first-order valence-electron chi connectivity index (χ1n) is 6.91. The second-order valence-corrected chi connectivity index (χ2v) is 6.05. The van der Waals surface area contributed by atoms with Gasteiger partial charge in [-0.15, -0.1) is 0 Å². The molecule has 0 heterocycles. The highest BCUT2D eigenvalue weighted by Crippen LogP contribution is 2.16. The number of nitrogens with two attached hydrogens (primary N) is 1. The third-order valence-corrected chi connectivity index (χ3v) is 3.61. The van der Waals surface area contributed by atoms with Crippen LogP contribution in [0.1, 0.15) is 37.0 Å². The van der Waals surface area contributed by atoms with Crippen molar-refractivity contribution in [2.24, 2.45) is 11.1 Å². The van der Waals surface area contributed by atoms with Crippen molar-refractivity contribution in [2.45, 2.75) is 40.5 Å². The molecule has 1 aromatic rings. The first-order valence-corrected chi connectivity index (χ1v) is 6.91. The van der Waals surface area contributed by atoms with E-state index in [0.717, 1.165) is 32.5 Å². The Bertz CT molecular complexity index is 369. The average molecular weight is 248 g/mol. The summed E-state index contributed by atoms with van der Waals surface area (Å²) >= 11 is 0. The van der Waals surface area contributed by atoms with E-state index >= 15 is 0 Å². The predicted octanol–water partition coefficient (Wildman–Crippen LogP) is 2.81. The molecule has 0 atom stereocenters. The summed E-state index contributed by atoms with van der Waals surface area (Å²) < 4.78 is 0. The lowest BCUT2D eigenvalue weighted by atomic mass is 9.90. The van der Waals surface area contributed by atoms with Gasteiger partial charge in [0.2, 0.25) is 0 Å². The van der Waals surface area contributed by atoms with E-state index in [1.807, 2.05) is 0 Å². The summed E-state index contributed by atoms with van der Waals surface area (Å²) in [6.07, 6.45) is 2.24. The van der Waals surface area contributed by atoms with Crippen molar-refractivity contribution in [3.05, 3.63) is 34.9 Å². The van der Waals surface area contributed by atoms with Crippen LogP contribution in [0, 0.1) is 19.3 Å². The standard InChI is InChI=1S/C16H28N2/c1-13-5-6-14(2)15(11-13)7-9-18-10-8-16(3,4)12-17/h5-6,11,18H,7-10,12,17H2,1-4H3. The van der Waals surface area contributed by atoms with Crippen LogP contribution in [0.5, 0.6) is 0 Å². The minimum absolute atomic E-state index is 0.256. The summed E-state index contributed by atoms with van der Waals surface area (Å²) in [4.78, 5) is 0. The second kappa shape index (κ2) is 6.91. The molecule has 0 aliphatic heterocycles. The Morgan fingerprint density at radius 1 is 1.17 bits per heavy atom. The molecule has 0 saturated carbocycles. The van der Waals surface area contributed by atoms with Crippen LogP contribution in [0.2, 0.25) is 0 Å². The zero-order chi connectivity index (χ0) is 13.6. The predicted molar refractivity (Wildman–Crippen MR) is 79.9 cm³/mol. The van der Waals surface area contributed by atoms with E-state index in [1.165, 1.54) is 16.7 Å². The Balaban J connectivity index is 2.28. The summed E-state index contributed by atoms with van der Waals surface area (Å²) in [5.41, 5.74) is 10.2. The van der Waals surface area contributed by atoms with Crippen LogP contribution in [-0.2, 0) is 6.42 Å². The Kier molecular flexibility index (Phi) is 5.83. The van der Waals surface area contributed by atoms with Gasteiger partial charge in [0.05, 0.1) is 0 Å². The SMILES string of the molecule is Cc1ccc(C)c(CCNCCC(C)(C)CN)c1. The molecule has 3 N–H and O–H groups in total. The highest BCUT2D eigenvalue weighted by atomic mass is 14.8. The van der Waals surface area contributed by atoms with Crippen molar-refractivity contribution in [3.8, 4) is 0 Å². The van der Waals surface area contributed by atoms with Gasteiger partial charge in [-0.05, 0) is 62.9 Å². The Morgan fingerprint density at radius 2 is 1.89 bits per heavy atom. The molecule has 0 spiro atoms. The van der Waals surface area contributed by atoms with Crippen LogP contribution in [-0.4, -0.2) is 19.6 Å². The summed E-state index contributed by atoms with van der Waals surface area (Å²) in [7, 11) is 0. The highest BCUT2D eigenvalue weighted by Gasteiger charge is 2.14. The molecule has 0 fully saturated rings. The molecule has 0 radical (unpaired) electrons. The minimum Gasteiger partial charge on any atom is -0.330 e. The number of rotatable bonds is 7. The maximum Gasteiger partial charge on any atom is -0.000825 e. The van der Waals surface area contributed by atoms with Crippen LogP contribution in [0.15, 0.2) is 18.2 Å². The lowest BCUT2D eigenvalue weighted by molar-refractivity contribution is 0.340. The zero-order valence-corrected chi connectivity index (χ0v) is 12.3. The minimum atomic E-state index is 0.256. The molecule has 0 amide bonds. The molecular weight excluding hydrogens is 220 g/mol. The van der Waals surface area contributed by atoms with Crippen molar-refractivity contribution in [2.75, 3.05) is 19.6 Å². The van der Waals surface area contributed by atoms with E-state index < -0.39 is 0 Å². The van der Waals surface area contributed by atoms with Crippen molar-refractivity contribution >= 4 is 0 Å². The molecule has 0 aliphatic carbocycles. The Labute approximate surface area is 112 Å². The zero-order valence-electron chi connectivity index (χ0n) is 12.3. The fourth-order valence-electron chi connectivity index (χ4n) is 1.95. The number of nitrogens with one attached hydrogen (secondary N) is 1. The first kappa shape index (κ1) is 15.2. The van der Waals surface area contributed by atoms with Crippen LogP contribution >= 0.6 is 0 Å². The van der Waals surface area contributed by atoms with Gasteiger partial charge in [0.25, 0.3) is 0 Å². The quantitative estimate of drug-likeness (QED) is 0.728. The van der Waals surface area contributed by atoms with E-state index in [0.29, 0.717) is 0 Å². The number of hydrogen-bond donors (Lipinski definition) is 2. The van der Waals surface area contributed by atoms with Crippen molar-refractivity contribution in [1.82, 2.24) is 5.32 Å². The van der Waals surface area contributed by atoms with Gasteiger partial charge in [-0.25, -0.2) is 0 Å². The molecule has 2 heteroatoms. The molecule has 0 unspecified atom stereocenters. The molecule has 0 aromatic heterocycles. The lowest BCUT2D eigenvalue weighted by Gasteiger charge is -2.22. The fourth-order valence-corrected chi connectivity index (χ4v) is 1.95. The lowest BCUT2D eigenvalue weighted by Crippen LogP contribution is -2.29. The normalized spacial score (nSPS) is 11.8. The van der Waals surface area contributed by atoms with Gasteiger partial charge in [0.1, 0.15) is 0 Å². The summed E-state index contributed by atoms with van der Waals surface area (Å²) in [5, 5.41) is 3.52. The smallest absolute Gasteiger partial charge is 0.000825 e. The molecule has 1 rings (SSSR count). The van der Waals surface area contributed by atoms with Crippen molar-refractivity contribution < 1.29 is 0 Å². The summed E-state index contributed by atoms with van der Waals surface area (Å²) in [5.74, 6) is 0. The van der Waals surface area contributed by atoms with Gasteiger partial charge < -0.3 is 11.1 Å². The molecule has 0 bridgehead atoms. The van der Waals surface area contributed by atoms with E-state index in [9.17, 15) is 0 Å². The molecule has 18 heavy (non-hydrogen) atoms. The van der Waals surface area contributed by atoms with Crippen LogP contribution in [0.3, 0.4) is 0 Å². The molecule has 0 saturated heterocycles. The number of aryl methyl sites for hydroxylation is 2. The maximum absolute atomic E-state index is 5.72. The van der Waals surface area contributed by atoms with Gasteiger partial charge in [0, 0.05) is 0 Å². The largest absolute Gasteiger partial charge is 0.330 e. The van der Waals surface area contributed by atoms with Gasteiger partial charge in [0.15, 0.2) is 0 Å². The fraction of sp³-hybridized carbons (Fsp3) is 0.625. The topological polar surface area (TPSA) is 38.0 Å². The van der Waals surface area contributed by atoms with Gasteiger partial charge in [-0.3, -0.25) is 0 Å². The van der Waals surface area contributed by atoms with Crippen molar-refractivity contribution in [3.63, 3.8) is 0 Å². The van der Waals surface area contributed by atoms with Gasteiger partial charge >= 0.3 is 0 Å². The summed E-state index contributed by atoms with van der Waals surface area (Å²) in [6.45, 7) is 11.6. The van der Waals surface area contributed by atoms with E-state index in [2.05, 4.69) is 51.2 Å². The number of hydrogen-bond acceptors (Lipinski definition) is 2. The third kappa shape index (κ3) is 5.19. The maximum atomic E-state index is 5.72. The van der Waals surface area contributed by atoms with E-state index in [1.54, 1.807) is 0 Å². The third-order valence-electron chi connectivity index (χ3n) is 3.61. The summed E-state index contributed by atoms with van der Waals surface area (Å²) in [6, 6.07) is 6.68. The van der Waals surface area contributed by atoms with E-state index in [4.69, 9.17) is 5.73 Å². The second-order valence-electron chi connectivity index (χ2n) is 6.05. The molecule has 2 nitrogen and oxygen atoms in total. The average Bonchev–Trinajstić information content (AvgIpc) is 2.33. The van der Waals surface area contributed by atoms with Gasteiger partial charge in [-0.2, -0.15) is 0 Å². The van der Waals surface area contributed by atoms with Crippen LogP contribution in [0.25, 0.3) is 0 Å². The van der Waals surface area contributed by atoms with E-state index in [-0.39, 0.29) is 5.41 Å². The molecule has 102 valence electrons. The highest BCUT2D eigenvalue weighted by molar-refractivity contribution is 5.30. The van der Waals surface area contributed by atoms with Crippen LogP contribution in [0.4, 0.5) is 0 Å². The molecular formula is C16H28N2. The first-order chi connectivity index (χ1) is 8.44. The van der Waals surface area contributed by atoms with Crippen LogP contribution < -0.4 is 11.1 Å². The Hall–Kier alpha value is -0.860. The van der Waals surface area contributed by atoms with Crippen molar-refractivity contribution in [1.29, 1.82) is 0 Å². The Morgan fingerprint density at radius 3 is 2.56 bits per heavy atom. The van der Waals surface area contributed by atoms with Gasteiger partial charge in [-0.1, -0.05) is 37.6 Å². The number of benzene rings is 1.